The highest BCUT2D eigenvalue weighted by Gasteiger charge is 2.33. The van der Waals surface area contributed by atoms with Crippen molar-refractivity contribution in [1.29, 1.82) is 0 Å². The van der Waals surface area contributed by atoms with Crippen LogP contribution in [0, 0.1) is 11.6 Å². The smallest absolute Gasteiger partial charge is 0.261 e. The summed E-state index contributed by atoms with van der Waals surface area (Å²) in [6.45, 7) is 1.89. The van der Waals surface area contributed by atoms with Crippen LogP contribution in [-0.2, 0) is 16.1 Å². The highest BCUT2D eigenvalue weighted by molar-refractivity contribution is 7.99. The van der Waals surface area contributed by atoms with E-state index in [0.29, 0.717) is 5.75 Å². The number of rotatable bonds is 5. The number of anilines is 2. The molecule has 2 amide bonds. The fraction of sp³-hybridized carbons (Fsp3) is 0.375. The third kappa shape index (κ3) is 4.83. The molecule has 2 atom stereocenters. The summed E-state index contributed by atoms with van der Waals surface area (Å²) in [5.41, 5.74) is 4.61. The van der Waals surface area contributed by atoms with E-state index >= 15 is 0 Å². The molecule has 3 aliphatic rings. The van der Waals surface area contributed by atoms with Crippen molar-refractivity contribution in [2.24, 2.45) is 4.99 Å². The number of benzene rings is 2. The number of thioether (sulfide) groups is 1. The molecule has 184 valence electrons. The molecule has 5 rings (SSSR count). The number of nitrogens with zero attached hydrogens (tertiary/aromatic N) is 4. The second-order valence-electron chi connectivity index (χ2n) is 8.74. The molecule has 1 fully saturated rings. The standard InChI is InChI=1S/C24H26F2N6O2S/c1-30-20-11-15(31-9-2-3-10-31)7-8-21(20)35-13-19(24(30)34)28-23(33)22-27-14-32(29-22)12-16-17(25)5-4-6-18(16)26/h4-8,11,14,19,22,29H,2-3,9-10,12-13H2,1H3,(H,28,33)/t19-,22?/m0/s1. The highest BCUT2D eigenvalue weighted by atomic mass is 32.2. The van der Waals surface area contributed by atoms with Gasteiger partial charge in [0, 0.05) is 42.0 Å². The molecule has 11 heteroatoms. The van der Waals surface area contributed by atoms with Gasteiger partial charge in [-0.3, -0.25) is 14.6 Å². The number of likely N-dealkylation sites (N-methyl/N-ethyl adjacent to an activating group) is 1. The van der Waals surface area contributed by atoms with Crippen LogP contribution in [0.3, 0.4) is 0 Å². The zero-order valence-corrected chi connectivity index (χ0v) is 20.0. The molecule has 0 aliphatic carbocycles. The number of nitrogens with one attached hydrogen (secondary N) is 2. The fourth-order valence-electron chi connectivity index (χ4n) is 4.45. The van der Waals surface area contributed by atoms with Crippen LogP contribution in [0.15, 0.2) is 46.3 Å². The van der Waals surface area contributed by atoms with Crippen molar-refractivity contribution in [3.8, 4) is 0 Å². The van der Waals surface area contributed by atoms with E-state index in [-0.39, 0.29) is 18.0 Å². The first kappa shape index (κ1) is 23.6. The van der Waals surface area contributed by atoms with Gasteiger partial charge in [-0.1, -0.05) is 6.07 Å². The van der Waals surface area contributed by atoms with Crippen molar-refractivity contribution in [1.82, 2.24) is 15.8 Å². The largest absolute Gasteiger partial charge is 0.371 e. The summed E-state index contributed by atoms with van der Waals surface area (Å²) in [7, 11) is 1.72. The number of hydrazine groups is 1. The summed E-state index contributed by atoms with van der Waals surface area (Å²) >= 11 is 1.52. The minimum absolute atomic E-state index is 0.129. The second-order valence-corrected chi connectivity index (χ2v) is 9.80. The first-order valence-corrected chi connectivity index (χ1v) is 12.5. The van der Waals surface area contributed by atoms with Crippen molar-refractivity contribution in [2.75, 3.05) is 35.7 Å². The molecule has 3 aliphatic heterocycles. The predicted molar refractivity (Wildman–Crippen MR) is 131 cm³/mol. The minimum Gasteiger partial charge on any atom is -0.371 e. The van der Waals surface area contributed by atoms with Crippen LogP contribution in [-0.4, -0.2) is 61.3 Å². The average Bonchev–Trinajstić information content (AvgIpc) is 3.54. The lowest BCUT2D eigenvalue weighted by Gasteiger charge is -2.24. The SMILES string of the molecule is CN1C(=O)[C@@H](NC(=O)C2N=CN(Cc3c(F)cccc3F)N2)CSc2ccc(N3CCCC3)cc21. The first-order valence-electron chi connectivity index (χ1n) is 11.5. The van der Waals surface area contributed by atoms with Crippen LogP contribution >= 0.6 is 11.8 Å². The molecule has 35 heavy (non-hydrogen) atoms. The number of hydrogen-bond donors (Lipinski definition) is 2. The molecule has 2 N–H and O–H groups in total. The third-order valence-electron chi connectivity index (χ3n) is 6.41. The van der Waals surface area contributed by atoms with Crippen LogP contribution in [0.4, 0.5) is 20.2 Å². The Hall–Kier alpha value is -3.18. The minimum atomic E-state index is -1.000. The van der Waals surface area contributed by atoms with Crippen LogP contribution in [0.5, 0.6) is 0 Å². The Kier molecular flexibility index (Phi) is 6.61. The Morgan fingerprint density at radius 2 is 1.94 bits per heavy atom. The lowest BCUT2D eigenvalue weighted by molar-refractivity contribution is -0.128. The number of amides is 2. The summed E-state index contributed by atoms with van der Waals surface area (Å²) in [5.74, 6) is -1.68. The summed E-state index contributed by atoms with van der Waals surface area (Å²) in [5, 5.41) is 4.12. The van der Waals surface area contributed by atoms with E-state index in [0.717, 1.165) is 29.4 Å². The molecule has 0 spiro atoms. The van der Waals surface area contributed by atoms with Gasteiger partial charge in [-0.25, -0.2) is 19.2 Å². The van der Waals surface area contributed by atoms with E-state index in [1.807, 2.05) is 12.1 Å². The topological polar surface area (TPSA) is 80.3 Å². The summed E-state index contributed by atoms with van der Waals surface area (Å²) in [6.07, 6.45) is 2.65. The molecule has 2 aromatic rings. The third-order valence-corrected chi connectivity index (χ3v) is 7.56. The van der Waals surface area contributed by atoms with E-state index in [9.17, 15) is 18.4 Å². The molecule has 0 bridgehead atoms. The van der Waals surface area contributed by atoms with Crippen LogP contribution in [0.25, 0.3) is 0 Å². The zero-order chi connectivity index (χ0) is 24.5. The van der Waals surface area contributed by atoms with Gasteiger partial charge in [0.25, 0.3) is 5.91 Å². The number of aliphatic imine (C=N–C) groups is 1. The Morgan fingerprint density at radius 3 is 2.69 bits per heavy atom. The Balaban J connectivity index is 1.22. The van der Waals surface area contributed by atoms with Gasteiger partial charge in [0.15, 0.2) is 6.17 Å². The maximum Gasteiger partial charge on any atom is 0.261 e. The van der Waals surface area contributed by atoms with Gasteiger partial charge in [0.1, 0.15) is 24.0 Å². The van der Waals surface area contributed by atoms with Crippen LogP contribution < -0.4 is 20.5 Å². The molecule has 2 aromatic carbocycles. The van der Waals surface area contributed by atoms with Crippen molar-refractivity contribution < 1.29 is 18.4 Å². The van der Waals surface area contributed by atoms with E-state index in [2.05, 4.69) is 26.7 Å². The molecule has 1 unspecified atom stereocenters. The lowest BCUT2D eigenvalue weighted by atomic mass is 10.2. The van der Waals surface area contributed by atoms with Crippen molar-refractivity contribution in [3.05, 3.63) is 53.6 Å². The lowest BCUT2D eigenvalue weighted by Crippen LogP contribution is -2.53. The fourth-order valence-corrected chi connectivity index (χ4v) is 5.53. The Labute approximate surface area is 206 Å². The number of carbonyl (C=O) groups is 2. The van der Waals surface area contributed by atoms with Gasteiger partial charge in [0.05, 0.1) is 12.2 Å². The quantitative estimate of drug-likeness (QED) is 0.657. The molecule has 8 nitrogen and oxygen atoms in total. The van der Waals surface area contributed by atoms with E-state index in [4.69, 9.17) is 0 Å². The highest BCUT2D eigenvalue weighted by Crippen LogP contribution is 2.37. The second kappa shape index (κ2) is 9.82. The predicted octanol–water partition coefficient (Wildman–Crippen LogP) is 2.49. The van der Waals surface area contributed by atoms with Crippen LogP contribution in [0.1, 0.15) is 18.4 Å². The van der Waals surface area contributed by atoms with E-state index < -0.39 is 29.7 Å². The molecule has 3 heterocycles. The molecule has 0 saturated carbocycles. The van der Waals surface area contributed by atoms with Gasteiger partial charge in [0.2, 0.25) is 5.91 Å². The number of carbonyl (C=O) groups excluding carboxylic acids is 2. The van der Waals surface area contributed by atoms with Gasteiger partial charge in [-0.15, -0.1) is 11.8 Å². The summed E-state index contributed by atoms with van der Waals surface area (Å²) in [6, 6.07) is 9.05. The monoisotopic (exact) mass is 500 g/mol. The van der Waals surface area contributed by atoms with Gasteiger partial charge in [-0.2, -0.15) is 0 Å². The molecular formula is C24H26F2N6O2S. The maximum atomic E-state index is 13.9. The van der Waals surface area contributed by atoms with Crippen molar-refractivity contribution >= 4 is 41.3 Å². The van der Waals surface area contributed by atoms with Crippen LogP contribution in [0.2, 0.25) is 0 Å². The van der Waals surface area contributed by atoms with Gasteiger partial charge in [-0.05, 0) is 43.2 Å². The number of halogens is 2. The van der Waals surface area contributed by atoms with E-state index in [1.165, 1.54) is 54.2 Å². The number of fused-ring (bicyclic) bond motifs is 1. The Morgan fingerprint density at radius 1 is 1.20 bits per heavy atom. The Bertz CT molecular complexity index is 1150. The number of hydrogen-bond acceptors (Lipinski definition) is 7. The van der Waals surface area contributed by atoms with Gasteiger partial charge < -0.3 is 15.1 Å². The maximum absolute atomic E-state index is 13.9. The molecule has 0 radical (unpaired) electrons. The van der Waals surface area contributed by atoms with E-state index in [1.54, 1.807) is 11.9 Å². The molecule has 0 aromatic heterocycles. The summed E-state index contributed by atoms with van der Waals surface area (Å²) < 4.78 is 27.9. The van der Waals surface area contributed by atoms with Crippen molar-refractivity contribution in [2.45, 2.75) is 36.5 Å². The first-order chi connectivity index (χ1) is 16.9. The molecular weight excluding hydrogens is 474 g/mol. The summed E-state index contributed by atoms with van der Waals surface area (Å²) in [4.78, 5) is 35.1. The van der Waals surface area contributed by atoms with Crippen molar-refractivity contribution in [3.63, 3.8) is 0 Å². The molecule has 1 saturated heterocycles. The zero-order valence-electron chi connectivity index (χ0n) is 19.2. The van der Waals surface area contributed by atoms with Gasteiger partial charge >= 0.3 is 0 Å². The average molecular weight is 501 g/mol. The normalized spacial score (nSPS) is 21.9.